The third-order valence-electron chi connectivity index (χ3n) is 3.51. The Morgan fingerprint density at radius 2 is 2.38 bits per heavy atom. The molecule has 0 aromatic heterocycles. The zero-order valence-corrected chi connectivity index (χ0v) is 9.53. The van der Waals surface area contributed by atoms with Crippen LogP contribution in [-0.2, 0) is 16.6 Å². The van der Waals surface area contributed by atoms with E-state index < -0.39 is 5.41 Å². The first kappa shape index (κ1) is 11.1. The lowest BCUT2D eigenvalue weighted by Crippen LogP contribution is -2.39. The number of hydrogen-bond donors (Lipinski definition) is 1. The van der Waals surface area contributed by atoms with Crippen LogP contribution in [0.1, 0.15) is 24.0 Å². The predicted octanol–water partition coefficient (Wildman–Crippen LogP) is 1.43. The number of aryl methyl sites for hydroxylation is 1. The van der Waals surface area contributed by atoms with Gasteiger partial charge in [-0.2, -0.15) is 0 Å². The molecule has 86 valence electrons. The number of hydrogen-bond acceptors (Lipinski definition) is 3. The fourth-order valence-corrected chi connectivity index (χ4v) is 2.48. The number of carbonyl (C=O) groups excluding carboxylic acids is 1. The quantitative estimate of drug-likeness (QED) is 0.782. The molecule has 1 atom stereocenters. The zero-order valence-electron chi connectivity index (χ0n) is 9.53. The van der Waals surface area contributed by atoms with Gasteiger partial charge in [0.2, 0.25) is 0 Å². The number of ether oxygens (including phenoxy) is 1. The molecule has 1 aliphatic rings. The molecule has 1 aliphatic carbocycles. The molecule has 0 saturated heterocycles. The van der Waals surface area contributed by atoms with E-state index in [9.17, 15) is 4.79 Å². The average molecular weight is 219 g/mol. The van der Waals surface area contributed by atoms with Crippen LogP contribution < -0.4 is 10.5 Å². The Morgan fingerprint density at radius 1 is 1.56 bits per heavy atom. The molecule has 16 heavy (non-hydrogen) atoms. The van der Waals surface area contributed by atoms with Gasteiger partial charge in [0, 0.05) is 6.54 Å². The van der Waals surface area contributed by atoms with Crippen molar-refractivity contribution in [2.45, 2.75) is 24.7 Å². The second-order valence-corrected chi connectivity index (χ2v) is 4.35. The van der Waals surface area contributed by atoms with Gasteiger partial charge in [0.05, 0.1) is 12.5 Å². The van der Waals surface area contributed by atoms with E-state index in [1.807, 2.05) is 18.2 Å². The van der Waals surface area contributed by atoms with Crippen LogP contribution in [0.2, 0.25) is 0 Å². The Kier molecular flexibility index (Phi) is 2.97. The Labute approximate surface area is 95.6 Å². The van der Waals surface area contributed by atoms with E-state index in [1.54, 1.807) is 7.11 Å². The van der Waals surface area contributed by atoms with Crippen LogP contribution in [-0.4, -0.2) is 19.9 Å². The van der Waals surface area contributed by atoms with Crippen molar-refractivity contribution in [3.63, 3.8) is 0 Å². The first-order chi connectivity index (χ1) is 7.75. The minimum absolute atomic E-state index is 0.372. The summed E-state index contributed by atoms with van der Waals surface area (Å²) >= 11 is 0. The van der Waals surface area contributed by atoms with Gasteiger partial charge in [-0.1, -0.05) is 6.07 Å². The fraction of sp³-hybridized carbons (Fsp3) is 0.462. The number of benzene rings is 1. The van der Waals surface area contributed by atoms with Gasteiger partial charge in [-0.15, -0.1) is 0 Å². The van der Waals surface area contributed by atoms with E-state index in [2.05, 4.69) is 0 Å². The standard InChI is InChI=1S/C13H17NO2/c1-16-11-5-4-10-3-2-6-13(8-14,9-15)12(10)7-11/h4-5,7,9H,2-3,6,8,14H2,1H3. The van der Waals surface area contributed by atoms with Crippen molar-refractivity contribution in [2.75, 3.05) is 13.7 Å². The molecule has 0 spiro atoms. The molecule has 2 N–H and O–H groups in total. The minimum Gasteiger partial charge on any atom is -0.497 e. The van der Waals surface area contributed by atoms with Crippen molar-refractivity contribution in [1.82, 2.24) is 0 Å². The van der Waals surface area contributed by atoms with Gasteiger partial charge in [-0.25, -0.2) is 0 Å². The van der Waals surface area contributed by atoms with Crippen LogP contribution in [0.3, 0.4) is 0 Å². The van der Waals surface area contributed by atoms with Crippen LogP contribution in [0.5, 0.6) is 5.75 Å². The summed E-state index contributed by atoms with van der Waals surface area (Å²) in [7, 11) is 1.63. The van der Waals surface area contributed by atoms with E-state index in [1.165, 1.54) is 5.56 Å². The summed E-state index contributed by atoms with van der Waals surface area (Å²) in [6.07, 6.45) is 3.89. The number of aldehydes is 1. The second-order valence-electron chi connectivity index (χ2n) is 4.35. The largest absolute Gasteiger partial charge is 0.497 e. The third-order valence-corrected chi connectivity index (χ3v) is 3.51. The van der Waals surface area contributed by atoms with Crippen molar-refractivity contribution in [3.05, 3.63) is 29.3 Å². The normalized spacial score (nSPS) is 23.6. The number of rotatable bonds is 3. The summed E-state index contributed by atoms with van der Waals surface area (Å²) in [4.78, 5) is 11.4. The smallest absolute Gasteiger partial charge is 0.131 e. The van der Waals surface area contributed by atoms with Gasteiger partial charge >= 0.3 is 0 Å². The van der Waals surface area contributed by atoms with E-state index in [4.69, 9.17) is 10.5 Å². The lowest BCUT2D eigenvalue weighted by Gasteiger charge is -2.33. The summed E-state index contributed by atoms with van der Waals surface area (Å²) in [6.45, 7) is 0.372. The third kappa shape index (κ3) is 1.61. The maximum absolute atomic E-state index is 11.4. The number of fused-ring (bicyclic) bond motifs is 1. The first-order valence-corrected chi connectivity index (χ1v) is 5.59. The SMILES string of the molecule is COc1ccc2c(c1)C(C=O)(CN)CCC2. The fourth-order valence-electron chi connectivity index (χ4n) is 2.48. The molecule has 0 amide bonds. The molecule has 0 bridgehead atoms. The predicted molar refractivity (Wildman–Crippen MR) is 62.7 cm³/mol. The molecule has 1 unspecified atom stereocenters. The number of carbonyl (C=O) groups is 1. The Hall–Kier alpha value is -1.35. The van der Waals surface area contributed by atoms with Crippen molar-refractivity contribution in [3.8, 4) is 5.75 Å². The van der Waals surface area contributed by atoms with Gasteiger partial charge in [-0.05, 0) is 42.5 Å². The Morgan fingerprint density at radius 3 is 3.00 bits per heavy atom. The highest BCUT2D eigenvalue weighted by atomic mass is 16.5. The monoisotopic (exact) mass is 219 g/mol. The zero-order chi connectivity index (χ0) is 11.6. The molecule has 1 aromatic rings. The molecule has 0 fully saturated rings. The van der Waals surface area contributed by atoms with Crippen molar-refractivity contribution < 1.29 is 9.53 Å². The van der Waals surface area contributed by atoms with E-state index >= 15 is 0 Å². The lowest BCUT2D eigenvalue weighted by atomic mass is 9.71. The molecule has 2 rings (SSSR count). The van der Waals surface area contributed by atoms with Crippen molar-refractivity contribution in [2.24, 2.45) is 5.73 Å². The molecule has 0 aliphatic heterocycles. The van der Waals surface area contributed by atoms with Gasteiger partial charge in [0.15, 0.2) is 0 Å². The van der Waals surface area contributed by atoms with E-state index in [0.717, 1.165) is 36.9 Å². The Bertz CT molecular complexity index is 403. The summed E-state index contributed by atoms with van der Waals surface area (Å²) in [6, 6.07) is 5.94. The summed E-state index contributed by atoms with van der Waals surface area (Å²) in [5, 5.41) is 0. The second kappa shape index (κ2) is 4.26. The average Bonchev–Trinajstić information content (AvgIpc) is 2.37. The molecule has 3 nitrogen and oxygen atoms in total. The highest BCUT2D eigenvalue weighted by molar-refractivity contribution is 5.71. The maximum Gasteiger partial charge on any atom is 0.131 e. The minimum atomic E-state index is -0.498. The number of methoxy groups -OCH3 is 1. The Balaban J connectivity index is 2.54. The van der Waals surface area contributed by atoms with Crippen LogP contribution in [0.4, 0.5) is 0 Å². The van der Waals surface area contributed by atoms with Crippen LogP contribution in [0, 0.1) is 0 Å². The maximum atomic E-state index is 11.4. The highest BCUT2D eigenvalue weighted by Crippen LogP contribution is 2.37. The van der Waals surface area contributed by atoms with E-state index in [-0.39, 0.29) is 0 Å². The van der Waals surface area contributed by atoms with Crippen molar-refractivity contribution >= 4 is 6.29 Å². The molecular weight excluding hydrogens is 202 g/mol. The summed E-state index contributed by atoms with van der Waals surface area (Å²) in [5.74, 6) is 0.792. The summed E-state index contributed by atoms with van der Waals surface area (Å²) < 4.78 is 5.21. The lowest BCUT2D eigenvalue weighted by molar-refractivity contribution is -0.112. The molecular formula is C13H17NO2. The van der Waals surface area contributed by atoms with Gasteiger partial charge in [0.1, 0.15) is 12.0 Å². The van der Waals surface area contributed by atoms with Gasteiger partial charge in [-0.3, -0.25) is 0 Å². The van der Waals surface area contributed by atoms with Gasteiger partial charge < -0.3 is 15.3 Å². The van der Waals surface area contributed by atoms with E-state index in [0.29, 0.717) is 6.54 Å². The topological polar surface area (TPSA) is 52.3 Å². The molecule has 0 saturated carbocycles. The first-order valence-electron chi connectivity index (χ1n) is 5.59. The van der Waals surface area contributed by atoms with Crippen LogP contribution in [0.15, 0.2) is 18.2 Å². The number of nitrogens with two attached hydrogens (primary N) is 1. The van der Waals surface area contributed by atoms with Gasteiger partial charge in [0.25, 0.3) is 0 Å². The van der Waals surface area contributed by atoms with Crippen molar-refractivity contribution in [1.29, 1.82) is 0 Å². The molecule has 1 aromatic carbocycles. The summed E-state index contributed by atoms with van der Waals surface area (Å²) in [5.41, 5.74) is 7.56. The highest BCUT2D eigenvalue weighted by Gasteiger charge is 2.35. The molecule has 3 heteroatoms. The molecule has 0 heterocycles. The van der Waals surface area contributed by atoms with Crippen LogP contribution >= 0.6 is 0 Å². The molecule has 0 radical (unpaired) electrons. The van der Waals surface area contributed by atoms with Crippen LogP contribution in [0.25, 0.3) is 0 Å².